The molecule has 0 radical (unpaired) electrons. The van der Waals surface area contributed by atoms with Gasteiger partial charge in [0.15, 0.2) is 0 Å². The fourth-order valence-electron chi connectivity index (χ4n) is 1.17. The van der Waals surface area contributed by atoms with Gasteiger partial charge in [-0.05, 0) is 13.8 Å². The molecule has 0 amide bonds. The van der Waals surface area contributed by atoms with E-state index in [9.17, 15) is 0 Å². The molecule has 1 aromatic heterocycles. The maximum absolute atomic E-state index is 8.66. The largest absolute Gasteiger partial charge is 0.357 e. The van der Waals surface area contributed by atoms with Gasteiger partial charge in [0.25, 0.3) is 0 Å². The van der Waals surface area contributed by atoms with Crippen molar-refractivity contribution in [1.82, 2.24) is 9.97 Å². The molecule has 0 saturated heterocycles. The van der Waals surface area contributed by atoms with Gasteiger partial charge in [0.2, 0.25) is 5.82 Å². The van der Waals surface area contributed by atoms with E-state index >= 15 is 0 Å². The molecule has 0 saturated carbocycles. The average molecular weight is 211 g/mol. The summed E-state index contributed by atoms with van der Waals surface area (Å²) in [5.74, 6) is 0.811. The molecule has 5 heteroatoms. The lowest BCUT2D eigenvalue weighted by atomic mass is 10.4. The molecular formula is C9H11ClN4. The number of nitrogens with zero attached hydrogens (tertiary/aromatic N) is 4. The van der Waals surface area contributed by atoms with Crippen molar-refractivity contribution in [2.45, 2.75) is 13.8 Å². The first kappa shape index (κ1) is 10.7. The summed E-state index contributed by atoms with van der Waals surface area (Å²) in [6, 6.07) is 3.54. The summed E-state index contributed by atoms with van der Waals surface area (Å²) in [6.45, 7) is 5.69. The maximum Gasteiger partial charge on any atom is 0.235 e. The molecular weight excluding hydrogens is 200 g/mol. The second kappa shape index (κ2) is 4.77. The predicted octanol–water partition coefficient (Wildman–Crippen LogP) is 1.85. The number of halogens is 1. The van der Waals surface area contributed by atoms with Gasteiger partial charge < -0.3 is 4.90 Å². The van der Waals surface area contributed by atoms with Crippen molar-refractivity contribution in [3.8, 4) is 6.07 Å². The Balaban J connectivity index is 3.09. The molecule has 0 fully saturated rings. The summed E-state index contributed by atoms with van der Waals surface area (Å²) in [5, 5.41) is 8.97. The van der Waals surface area contributed by atoms with Crippen LogP contribution < -0.4 is 4.90 Å². The molecule has 1 rings (SSSR count). The predicted molar refractivity (Wildman–Crippen MR) is 55.3 cm³/mol. The Morgan fingerprint density at radius 1 is 1.43 bits per heavy atom. The highest BCUT2D eigenvalue weighted by atomic mass is 35.5. The van der Waals surface area contributed by atoms with Crippen molar-refractivity contribution in [2.24, 2.45) is 0 Å². The molecule has 1 heterocycles. The standard InChI is InChI=1S/C9H11ClN4/c1-3-14(4-2)9-5-7(10)12-8(6-11)13-9/h5H,3-4H2,1-2H3. The minimum atomic E-state index is 0.111. The van der Waals surface area contributed by atoms with E-state index in [1.165, 1.54) is 0 Å². The van der Waals surface area contributed by atoms with Crippen molar-refractivity contribution in [3.05, 3.63) is 17.0 Å². The van der Waals surface area contributed by atoms with Crippen LogP contribution in [-0.2, 0) is 0 Å². The second-order valence-electron chi connectivity index (χ2n) is 2.66. The molecule has 0 atom stereocenters. The van der Waals surface area contributed by atoms with Crippen molar-refractivity contribution in [1.29, 1.82) is 5.26 Å². The number of rotatable bonds is 3. The fraction of sp³-hybridized carbons (Fsp3) is 0.444. The zero-order valence-electron chi connectivity index (χ0n) is 8.16. The van der Waals surface area contributed by atoms with E-state index in [-0.39, 0.29) is 5.82 Å². The molecule has 1 aromatic rings. The Morgan fingerprint density at radius 3 is 2.57 bits per heavy atom. The van der Waals surface area contributed by atoms with Crippen LogP contribution in [-0.4, -0.2) is 23.1 Å². The summed E-state index contributed by atoms with van der Waals surface area (Å²) in [4.78, 5) is 9.84. The minimum Gasteiger partial charge on any atom is -0.357 e. The van der Waals surface area contributed by atoms with E-state index in [0.717, 1.165) is 13.1 Å². The van der Waals surface area contributed by atoms with Gasteiger partial charge in [-0.15, -0.1) is 0 Å². The Morgan fingerprint density at radius 2 is 2.07 bits per heavy atom. The zero-order valence-corrected chi connectivity index (χ0v) is 8.91. The summed E-state index contributed by atoms with van der Waals surface area (Å²) >= 11 is 5.76. The van der Waals surface area contributed by atoms with Gasteiger partial charge in [-0.2, -0.15) is 5.26 Å². The summed E-state index contributed by atoms with van der Waals surface area (Å²) in [7, 11) is 0. The number of anilines is 1. The first-order chi connectivity index (χ1) is 6.71. The minimum absolute atomic E-state index is 0.111. The Labute approximate surface area is 88.2 Å². The first-order valence-electron chi connectivity index (χ1n) is 4.40. The van der Waals surface area contributed by atoms with E-state index in [1.54, 1.807) is 6.07 Å². The van der Waals surface area contributed by atoms with Crippen LogP contribution in [0.2, 0.25) is 5.15 Å². The van der Waals surface area contributed by atoms with Gasteiger partial charge in [-0.1, -0.05) is 11.6 Å². The van der Waals surface area contributed by atoms with Crippen LogP contribution in [0, 0.1) is 11.3 Å². The molecule has 4 nitrogen and oxygen atoms in total. The lowest BCUT2D eigenvalue weighted by Crippen LogP contribution is -2.23. The Hall–Kier alpha value is -1.34. The quantitative estimate of drug-likeness (QED) is 0.715. The molecule has 0 spiro atoms. The lowest BCUT2D eigenvalue weighted by molar-refractivity contribution is 0.839. The van der Waals surface area contributed by atoms with Crippen molar-refractivity contribution in [3.63, 3.8) is 0 Å². The molecule has 14 heavy (non-hydrogen) atoms. The van der Waals surface area contributed by atoms with Crippen LogP contribution in [0.1, 0.15) is 19.7 Å². The molecule has 0 bridgehead atoms. The highest BCUT2D eigenvalue weighted by molar-refractivity contribution is 6.29. The summed E-state index contributed by atoms with van der Waals surface area (Å²) in [6.07, 6.45) is 0. The van der Waals surface area contributed by atoms with E-state index in [1.807, 2.05) is 24.8 Å². The van der Waals surface area contributed by atoms with Crippen LogP contribution in [0.25, 0.3) is 0 Å². The highest BCUT2D eigenvalue weighted by Crippen LogP contribution is 2.15. The maximum atomic E-state index is 8.66. The average Bonchev–Trinajstić information content (AvgIpc) is 2.19. The highest BCUT2D eigenvalue weighted by Gasteiger charge is 2.07. The number of aromatic nitrogens is 2. The van der Waals surface area contributed by atoms with E-state index in [2.05, 4.69) is 9.97 Å². The molecule has 0 N–H and O–H groups in total. The first-order valence-corrected chi connectivity index (χ1v) is 4.78. The van der Waals surface area contributed by atoms with E-state index in [0.29, 0.717) is 11.0 Å². The lowest BCUT2D eigenvalue weighted by Gasteiger charge is -2.19. The number of hydrogen-bond acceptors (Lipinski definition) is 4. The van der Waals surface area contributed by atoms with Crippen molar-refractivity contribution in [2.75, 3.05) is 18.0 Å². The van der Waals surface area contributed by atoms with Crippen LogP contribution in [0.4, 0.5) is 5.82 Å². The number of hydrogen-bond donors (Lipinski definition) is 0. The molecule has 0 aliphatic rings. The van der Waals surface area contributed by atoms with Gasteiger partial charge in [0.05, 0.1) is 0 Å². The third-order valence-electron chi connectivity index (χ3n) is 1.87. The smallest absolute Gasteiger partial charge is 0.235 e. The summed E-state index contributed by atoms with van der Waals surface area (Å²) < 4.78 is 0. The molecule has 74 valence electrons. The molecule has 0 unspecified atom stereocenters. The van der Waals surface area contributed by atoms with Crippen LogP contribution in [0.3, 0.4) is 0 Å². The van der Waals surface area contributed by atoms with Gasteiger partial charge >= 0.3 is 0 Å². The van der Waals surface area contributed by atoms with Gasteiger partial charge in [-0.25, -0.2) is 9.97 Å². The van der Waals surface area contributed by atoms with Crippen LogP contribution in [0.5, 0.6) is 0 Å². The molecule has 0 aromatic carbocycles. The van der Waals surface area contributed by atoms with Crippen molar-refractivity contribution < 1.29 is 0 Å². The number of nitriles is 1. The summed E-state index contributed by atoms with van der Waals surface area (Å²) in [5.41, 5.74) is 0. The van der Waals surface area contributed by atoms with Gasteiger partial charge in [0.1, 0.15) is 17.0 Å². The fourth-order valence-corrected chi connectivity index (χ4v) is 1.34. The SMILES string of the molecule is CCN(CC)c1cc(Cl)nc(C#N)n1. The van der Waals surface area contributed by atoms with Crippen molar-refractivity contribution >= 4 is 17.4 Å². The van der Waals surface area contributed by atoms with Crippen LogP contribution in [0.15, 0.2) is 6.07 Å². The second-order valence-corrected chi connectivity index (χ2v) is 3.04. The topological polar surface area (TPSA) is 52.8 Å². The normalized spacial score (nSPS) is 9.57. The van der Waals surface area contributed by atoms with Gasteiger partial charge in [0, 0.05) is 19.2 Å². The van der Waals surface area contributed by atoms with Crippen LogP contribution >= 0.6 is 11.6 Å². The van der Waals surface area contributed by atoms with E-state index in [4.69, 9.17) is 16.9 Å². The van der Waals surface area contributed by atoms with E-state index < -0.39 is 0 Å². The molecule has 0 aliphatic carbocycles. The molecule has 0 aliphatic heterocycles. The van der Waals surface area contributed by atoms with Gasteiger partial charge in [-0.3, -0.25) is 0 Å². The Kier molecular flexibility index (Phi) is 3.66. The Bertz CT molecular complexity index is 354. The third kappa shape index (κ3) is 2.33. The monoisotopic (exact) mass is 210 g/mol. The third-order valence-corrected chi connectivity index (χ3v) is 2.06. The zero-order chi connectivity index (χ0) is 10.6.